The number of unbranched alkanes of at least 4 members (excludes halogenated alkanes) is 18. The predicted molar refractivity (Wildman–Crippen MR) is 218 cm³/mol. The molecule has 0 fully saturated rings. The first-order chi connectivity index (χ1) is 24.3. The van der Waals surface area contributed by atoms with Crippen molar-refractivity contribution in [2.24, 2.45) is 0 Å². The van der Waals surface area contributed by atoms with E-state index in [2.05, 4.69) is 31.0 Å². The Morgan fingerprint density at radius 3 is 1.60 bits per heavy atom. The van der Waals surface area contributed by atoms with Crippen LogP contribution in [0.25, 0.3) is 0 Å². The number of ether oxygens (including phenoxy) is 2. The van der Waals surface area contributed by atoms with Crippen LogP contribution in [0.4, 0.5) is 0 Å². The van der Waals surface area contributed by atoms with Crippen LogP contribution >= 0.6 is 12.2 Å². The topological polar surface area (TPSA) is 71.1 Å². The van der Waals surface area contributed by atoms with Gasteiger partial charge < -0.3 is 24.6 Å². The van der Waals surface area contributed by atoms with E-state index in [9.17, 15) is 9.59 Å². The lowest BCUT2D eigenvalue weighted by molar-refractivity contribution is -0.150. The van der Waals surface area contributed by atoms with Gasteiger partial charge in [0.25, 0.3) is 0 Å². The summed E-state index contributed by atoms with van der Waals surface area (Å²) in [6.07, 6.45) is 31.5. The Balaban J connectivity index is 4.27. The highest BCUT2D eigenvalue weighted by Gasteiger charge is 2.14. The fraction of sp³-hybridized carbons (Fsp3) is 0.929. The smallest absolute Gasteiger partial charge is 0.306 e. The number of rotatable bonds is 37. The molecule has 0 bridgehead atoms. The number of thiocarbonyl (C=S) groups is 1. The first-order valence-corrected chi connectivity index (χ1v) is 21.8. The molecule has 0 aromatic heterocycles. The van der Waals surface area contributed by atoms with Crippen molar-refractivity contribution in [1.82, 2.24) is 15.1 Å². The number of carbonyl (C=O) groups is 2. The minimum atomic E-state index is -0.0322. The van der Waals surface area contributed by atoms with Crippen LogP contribution in [0.15, 0.2) is 0 Å². The molecule has 0 amide bonds. The minimum Gasteiger partial charge on any atom is -0.466 e. The molecule has 0 aliphatic heterocycles. The number of esters is 2. The summed E-state index contributed by atoms with van der Waals surface area (Å²) in [6.45, 7) is 11.4. The van der Waals surface area contributed by atoms with Gasteiger partial charge >= 0.3 is 11.9 Å². The standard InChI is InChI=1S/C42H83N3O4S/c1-6-9-12-14-15-16-20-28-38-48-40(46)32-25-21-27-36-45(37-29-34-43-42(50)44(4)5)35-26-19-17-18-24-33-41(47)49-39(30-22-11-8-3)31-23-13-10-7-2/h39H,6-38H2,1-5H3,(H,43,50). The van der Waals surface area contributed by atoms with Gasteiger partial charge in [-0.05, 0) is 96.1 Å². The Kier molecular flexibility index (Phi) is 36.3. The van der Waals surface area contributed by atoms with Gasteiger partial charge in [-0.3, -0.25) is 9.59 Å². The molecule has 0 saturated carbocycles. The molecule has 8 heteroatoms. The summed E-state index contributed by atoms with van der Waals surface area (Å²) >= 11 is 5.38. The molecule has 0 aliphatic carbocycles. The van der Waals surface area contributed by atoms with Crippen LogP contribution in [-0.2, 0) is 19.1 Å². The van der Waals surface area contributed by atoms with E-state index in [-0.39, 0.29) is 18.0 Å². The van der Waals surface area contributed by atoms with Gasteiger partial charge in [-0.15, -0.1) is 0 Å². The first-order valence-electron chi connectivity index (χ1n) is 21.4. The van der Waals surface area contributed by atoms with Crippen molar-refractivity contribution in [1.29, 1.82) is 0 Å². The number of carbonyl (C=O) groups excluding carboxylic acids is 2. The molecule has 0 saturated heterocycles. The normalized spacial score (nSPS) is 11.9. The zero-order chi connectivity index (χ0) is 36.9. The van der Waals surface area contributed by atoms with Crippen LogP contribution in [0.2, 0.25) is 0 Å². The van der Waals surface area contributed by atoms with E-state index >= 15 is 0 Å². The molecule has 1 N–H and O–H groups in total. The molecule has 0 radical (unpaired) electrons. The van der Waals surface area contributed by atoms with Crippen LogP contribution in [0.1, 0.15) is 201 Å². The second-order valence-corrected chi connectivity index (χ2v) is 15.2. The molecular formula is C42H83N3O4S. The number of nitrogens with zero attached hydrogens (tertiary/aromatic N) is 2. The third kappa shape index (κ3) is 33.7. The maximum atomic E-state index is 12.6. The van der Waals surface area contributed by atoms with E-state index in [1.807, 2.05) is 19.0 Å². The summed E-state index contributed by atoms with van der Waals surface area (Å²) in [4.78, 5) is 29.3. The van der Waals surface area contributed by atoms with Gasteiger partial charge in [0.2, 0.25) is 0 Å². The van der Waals surface area contributed by atoms with Gasteiger partial charge in [0, 0.05) is 33.5 Å². The molecule has 50 heavy (non-hydrogen) atoms. The van der Waals surface area contributed by atoms with Crippen molar-refractivity contribution in [3.63, 3.8) is 0 Å². The van der Waals surface area contributed by atoms with Crippen LogP contribution in [0.3, 0.4) is 0 Å². The summed E-state index contributed by atoms with van der Waals surface area (Å²) in [6, 6.07) is 0. The lowest BCUT2D eigenvalue weighted by atomic mass is 10.0. The van der Waals surface area contributed by atoms with Crippen molar-refractivity contribution >= 4 is 29.3 Å². The third-order valence-electron chi connectivity index (χ3n) is 9.61. The molecule has 0 aliphatic rings. The van der Waals surface area contributed by atoms with Crippen molar-refractivity contribution < 1.29 is 19.1 Å². The van der Waals surface area contributed by atoms with Gasteiger partial charge in [0.1, 0.15) is 6.10 Å². The van der Waals surface area contributed by atoms with Gasteiger partial charge in [-0.2, -0.15) is 0 Å². The first kappa shape index (κ1) is 48.6. The zero-order valence-electron chi connectivity index (χ0n) is 33.8. The Labute approximate surface area is 316 Å². The molecule has 1 unspecified atom stereocenters. The van der Waals surface area contributed by atoms with E-state index < -0.39 is 0 Å². The quantitative estimate of drug-likeness (QED) is 0.0386. The summed E-state index contributed by atoms with van der Waals surface area (Å²) in [5.74, 6) is -0.0255. The SMILES string of the molecule is CCCCCCCCCCOC(=O)CCCCCN(CCCCCCCC(=O)OC(CCCCC)CCCCCC)CCCNC(=S)N(C)C. The second-order valence-electron chi connectivity index (χ2n) is 14.8. The van der Waals surface area contributed by atoms with Crippen molar-refractivity contribution in [3.8, 4) is 0 Å². The highest BCUT2D eigenvalue weighted by atomic mass is 32.1. The molecule has 0 rings (SSSR count). The van der Waals surface area contributed by atoms with Crippen LogP contribution in [-0.4, -0.2) is 79.8 Å². The molecule has 0 spiro atoms. The van der Waals surface area contributed by atoms with Gasteiger partial charge in [-0.1, -0.05) is 124 Å². The lowest BCUT2D eigenvalue weighted by Gasteiger charge is -2.23. The Morgan fingerprint density at radius 1 is 0.560 bits per heavy atom. The highest BCUT2D eigenvalue weighted by molar-refractivity contribution is 7.80. The van der Waals surface area contributed by atoms with Crippen molar-refractivity contribution in [3.05, 3.63) is 0 Å². The van der Waals surface area contributed by atoms with Gasteiger partial charge in [0.15, 0.2) is 5.11 Å². The van der Waals surface area contributed by atoms with Crippen LogP contribution < -0.4 is 5.32 Å². The van der Waals surface area contributed by atoms with E-state index in [0.29, 0.717) is 19.4 Å². The fourth-order valence-corrected chi connectivity index (χ4v) is 6.43. The number of hydrogen-bond acceptors (Lipinski definition) is 6. The zero-order valence-corrected chi connectivity index (χ0v) is 34.7. The summed E-state index contributed by atoms with van der Waals surface area (Å²) in [5, 5.41) is 4.13. The molecule has 0 aromatic carbocycles. The Morgan fingerprint density at radius 2 is 1.00 bits per heavy atom. The molecule has 0 aromatic rings. The Bertz CT molecular complexity index is 782. The molecule has 0 heterocycles. The number of hydrogen-bond donors (Lipinski definition) is 1. The van der Waals surface area contributed by atoms with E-state index in [0.717, 1.165) is 102 Å². The third-order valence-corrected chi connectivity index (χ3v) is 10.1. The average Bonchev–Trinajstić information content (AvgIpc) is 3.09. The van der Waals surface area contributed by atoms with Gasteiger partial charge in [-0.25, -0.2) is 0 Å². The van der Waals surface area contributed by atoms with Crippen LogP contribution in [0.5, 0.6) is 0 Å². The molecular weight excluding hydrogens is 643 g/mol. The Hall–Kier alpha value is -1.41. The molecule has 1 atom stereocenters. The largest absolute Gasteiger partial charge is 0.466 e. The average molecular weight is 726 g/mol. The van der Waals surface area contributed by atoms with E-state index in [1.54, 1.807) is 0 Å². The van der Waals surface area contributed by atoms with E-state index in [4.69, 9.17) is 21.7 Å². The highest BCUT2D eigenvalue weighted by Crippen LogP contribution is 2.17. The minimum absolute atomic E-state index is 0.00674. The lowest BCUT2D eigenvalue weighted by Crippen LogP contribution is -2.36. The monoisotopic (exact) mass is 726 g/mol. The maximum absolute atomic E-state index is 12.6. The fourth-order valence-electron chi connectivity index (χ4n) is 6.33. The number of nitrogens with one attached hydrogen (secondary N) is 1. The molecule has 7 nitrogen and oxygen atoms in total. The van der Waals surface area contributed by atoms with E-state index in [1.165, 1.54) is 96.3 Å². The second kappa shape index (κ2) is 37.4. The summed E-state index contributed by atoms with van der Waals surface area (Å²) in [5.41, 5.74) is 0. The molecule has 296 valence electrons. The maximum Gasteiger partial charge on any atom is 0.306 e. The summed E-state index contributed by atoms with van der Waals surface area (Å²) in [7, 11) is 3.94. The van der Waals surface area contributed by atoms with Crippen molar-refractivity contribution in [2.75, 3.05) is 46.9 Å². The van der Waals surface area contributed by atoms with Gasteiger partial charge in [0.05, 0.1) is 6.61 Å². The summed E-state index contributed by atoms with van der Waals surface area (Å²) < 4.78 is 11.4. The van der Waals surface area contributed by atoms with Crippen LogP contribution in [0, 0.1) is 0 Å². The predicted octanol–water partition coefficient (Wildman–Crippen LogP) is 11.2. The van der Waals surface area contributed by atoms with Crippen molar-refractivity contribution in [2.45, 2.75) is 207 Å².